The molecule has 1 saturated heterocycles. The molecule has 6 nitrogen and oxygen atoms in total. The van der Waals surface area contributed by atoms with E-state index in [4.69, 9.17) is 9.47 Å². The fourth-order valence-corrected chi connectivity index (χ4v) is 3.19. The quantitative estimate of drug-likeness (QED) is 0.785. The Hall–Kier alpha value is -2.86. The highest BCUT2D eigenvalue weighted by Crippen LogP contribution is 2.21. The van der Waals surface area contributed by atoms with Crippen LogP contribution < -0.4 is 4.74 Å². The van der Waals surface area contributed by atoms with Crippen molar-refractivity contribution in [1.29, 1.82) is 0 Å². The zero-order valence-corrected chi connectivity index (χ0v) is 15.6. The zero-order valence-electron chi connectivity index (χ0n) is 15.6. The second kappa shape index (κ2) is 8.68. The molecule has 0 saturated carbocycles. The van der Waals surface area contributed by atoms with Crippen LogP contribution in [0.1, 0.15) is 17.2 Å². The first-order chi connectivity index (χ1) is 13.1. The van der Waals surface area contributed by atoms with E-state index in [9.17, 15) is 9.59 Å². The van der Waals surface area contributed by atoms with Crippen LogP contribution in [0.25, 0.3) is 0 Å². The summed E-state index contributed by atoms with van der Waals surface area (Å²) in [4.78, 5) is 28.7. The van der Waals surface area contributed by atoms with Crippen molar-refractivity contribution in [2.24, 2.45) is 0 Å². The highest BCUT2D eigenvalue weighted by molar-refractivity contribution is 5.88. The van der Waals surface area contributed by atoms with Crippen LogP contribution in [-0.2, 0) is 20.9 Å². The molecular formula is C21H24N2O4. The van der Waals surface area contributed by atoms with Crippen molar-refractivity contribution in [3.8, 4) is 5.75 Å². The van der Waals surface area contributed by atoms with Gasteiger partial charge in [0, 0.05) is 26.7 Å². The SMILES string of the molecule is COc1ccc(CN2CCN(C(=O)[C@H](OC)c3ccccc3)CC2=O)cc1. The third-order valence-corrected chi connectivity index (χ3v) is 4.73. The molecule has 1 heterocycles. The second-order valence-corrected chi connectivity index (χ2v) is 6.45. The molecule has 1 atom stereocenters. The standard InChI is InChI=1S/C21H24N2O4/c1-26-18-10-8-16(9-11-18)14-22-12-13-23(15-19(22)24)21(25)20(27-2)17-6-4-3-5-7-17/h3-11,20H,12-15H2,1-2H3/t20-/m1/s1. The van der Waals surface area contributed by atoms with Crippen LogP contribution in [0.2, 0.25) is 0 Å². The summed E-state index contributed by atoms with van der Waals surface area (Å²) in [5.41, 5.74) is 1.82. The number of hydrogen-bond acceptors (Lipinski definition) is 4. The molecule has 6 heteroatoms. The molecule has 3 rings (SSSR count). The molecule has 2 aromatic carbocycles. The van der Waals surface area contributed by atoms with Crippen LogP contribution in [0.15, 0.2) is 54.6 Å². The molecule has 0 aromatic heterocycles. The van der Waals surface area contributed by atoms with Gasteiger partial charge in [0.05, 0.1) is 13.7 Å². The van der Waals surface area contributed by atoms with Crippen molar-refractivity contribution in [2.45, 2.75) is 12.6 Å². The number of rotatable bonds is 6. The molecule has 0 unspecified atom stereocenters. The van der Waals surface area contributed by atoms with E-state index < -0.39 is 6.10 Å². The van der Waals surface area contributed by atoms with Crippen LogP contribution in [0.4, 0.5) is 0 Å². The lowest BCUT2D eigenvalue weighted by atomic mass is 10.1. The van der Waals surface area contributed by atoms with Crippen molar-refractivity contribution in [2.75, 3.05) is 33.9 Å². The highest BCUT2D eigenvalue weighted by Gasteiger charge is 2.32. The lowest BCUT2D eigenvalue weighted by Crippen LogP contribution is -2.53. The number of carbonyl (C=O) groups excluding carboxylic acids is 2. The number of methoxy groups -OCH3 is 2. The Balaban J connectivity index is 1.61. The van der Waals surface area contributed by atoms with Gasteiger partial charge in [-0.05, 0) is 23.3 Å². The summed E-state index contributed by atoms with van der Waals surface area (Å²) in [7, 11) is 3.13. The van der Waals surface area contributed by atoms with Crippen molar-refractivity contribution in [3.63, 3.8) is 0 Å². The first-order valence-corrected chi connectivity index (χ1v) is 8.89. The van der Waals surface area contributed by atoms with Gasteiger partial charge >= 0.3 is 0 Å². The molecule has 1 fully saturated rings. The minimum Gasteiger partial charge on any atom is -0.497 e. The molecule has 0 aliphatic carbocycles. The fraction of sp³-hybridized carbons (Fsp3) is 0.333. The molecule has 0 spiro atoms. The summed E-state index contributed by atoms with van der Waals surface area (Å²) in [6, 6.07) is 17.0. The molecule has 2 aromatic rings. The van der Waals surface area contributed by atoms with E-state index in [1.165, 1.54) is 7.11 Å². The third kappa shape index (κ3) is 4.46. The Morgan fingerprint density at radius 2 is 1.74 bits per heavy atom. The number of carbonyl (C=O) groups is 2. The molecule has 27 heavy (non-hydrogen) atoms. The smallest absolute Gasteiger partial charge is 0.256 e. The first-order valence-electron chi connectivity index (χ1n) is 8.89. The van der Waals surface area contributed by atoms with E-state index in [0.717, 1.165) is 16.9 Å². The maximum Gasteiger partial charge on any atom is 0.256 e. The molecule has 142 valence electrons. The van der Waals surface area contributed by atoms with Crippen molar-refractivity contribution >= 4 is 11.8 Å². The normalized spacial score (nSPS) is 15.6. The minimum atomic E-state index is -0.688. The van der Waals surface area contributed by atoms with Gasteiger partial charge in [-0.15, -0.1) is 0 Å². The molecular weight excluding hydrogens is 344 g/mol. The van der Waals surface area contributed by atoms with Gasteiger partial charge in [0.15, 0.2) is 6.10 Å². The van der Waals surface area contributed by atoms with Crippen LogP contribution in [0.3, 0.4) is 0 Å². The number of amides is 2. The lowest BCUT2D eigenvalue weighted by Gasteiger charge is -2.35. The van der Waals surface area contributed by atoms with Crippen molar-refractivity contribution in [1.82, 2.24) is 9.80 Å². The van der Waals surface area contributed by atoms with Crippen LogP contribution in [0, 0.1) is 0 Å². The maximum atomic E-state index is 12.8. The van der Waals surface area contributed by atoms with Gasteiger partial charge in [-0.2, -0.15) is 0 Å². The molecule has 0 bridgehead atoms. The summed E-state index contributed by atoms with van der Waals surface area (Å²) in [5.74, 6) is 0.543. The molecule has 0 radical (unpaired) electrons. The van der Waals surface area contributed by atoms with Crippen molar-refractivity contribution < 1.29 is 19.1 Å². The Morgan fingerprint density at radius 3 is 2.33 bits per heavy atom. The molecule has 0 N–H and O–H groups in total. The van der Waals surface area contributed by atoms with Crippen LogP contribution >= 0.6 is 0 Å². The van der Waals surface area contributed by atoms with E-state index >= 15 is 0 Å². The fourth-order valence-electron chi connectivity index (χ4n) is 3.19. The Labute approximate surface area is 159 Å². The first kappa shape index (κ1) is 18.9. The Bertz CT molecular complexity index is 777. The summed E-state index contributed by atoms with van der Waals surface area (Å²) in [6.45, 7) is 1.59. The number of ether oxygens (including phenoxy) is 2. The molecule has 1 aliphatic rings. The summed E-state index contributed by atoms with van der Waals surface area (Å²) < 4.78 is 10.6. The topological polar surface area (TPSA) is 59.1 Å². The zero-order chi connectivity index (χ0) is 19.2. The van der Waals surface area contributed by atoms with Gasteiger partial charge in [0.1, 0.15) is 5.75 Å². The number of benzene rings is 2. The van der Waals surface area contributed by atoms with Gasteiger partial charge in [-0.1, -0.05) is 42.5 Å². The summed E-state index contributed by atoms with van der Waals surface area (Å²) in [5, 5.41) is 0. The number of nitrogens with zero attached hydrogens (tertiary/aromatic N) is 2. The minimum absolute atomic E-state index is 0.0617. The van der Waals surface area contributed by atoms with Crippen LogP contribution in [0.5, 0.6) is 5.75 Å². The van der Waals surface area contributed by atoms with Gasteiger partial charge in [0.2, 0.25) is 5.91 Å². The van der Waals surface area contributed by atoms with Gasteiger partial charge in [-0.25, -0.2) is 0 Å². The van der Waals surface area contributed by atoms with Crippen LogP contribution in [-0.4, -0.2) is 55.5 Å². The number of piperazine rings is 1. The average molecular weight is 368 g/mol. The summed E-state index contributed by atoms with van der Waals surface area (Å²) >= 11 is 0. The molecule has 2 amide bonds. The van der Waals surface area contributed by atoms with Crippen molar-refractivity contribution in [3.05, 3.63) is 65.7 Å². The monoisotopic (exact) mass is 368 g/mol. The highest BCUT2D eigenvalue weighted by atomic mass is 16.5. The Kier molecular flexibility index (Phi) is 6.08. The third-order valence-electron chi connectivity index (χ3n) is 4.73. The van der Waals surface area contributed by atoms with Gasteiger partial charge in [0.25, 0.3) is 5.91 Å². The second-order valence-electron chi connectivity index (χ2n) is 6.45. The van der Waals surface area contributed by atoms with Gasteiger partial charge < -0.3 is 19.3 Å². The van der Waals surface area contributed by atoms with Gasteiger partial charge in [-0.3, -0.25) is 9.59 Å². The van der Waals surface area contributed by atoms with E-state index in [-0.39, 0.29) is 18.4 Å². The predicted molar refractivity (Wildman–Crippen MR) is 101 cm³/mol. The van der Waals surface area contributed by atoms with E-state index in [1.54, 1.807) is 16.9 Å². The van der Waals surface area contributed by atoms with E-state index in [2.05, 4.69) is 0 Å². The molecule has 1 aliphatic heterocycles. The average Bonchev–Trinajstić information content (AvgIpc) is 2.71. The van der Waals surface area contributed by atoms with E-state index in [0.29, 0.717) is 19.6 Å². The maximum absolute atomic E-state index is 12.8. The van der Waals surface area contributed by atoms with E-state index in [1.807, 2.05) is 54.6 Å². The number of hydrogen-bond donors (Lipinski definition) is 0. The predicted octanol–water partition coefficient (Wildman–Crippen LogP) is 2.25. The largest absolute Gasteiger partial charge is 0.497 e. The lowest BCUT2D eigenvalue weighted by molar-refractivity contribution is -0.152. The summed E-state index contributed by atoms with van der Waals surface area (Å²) in [6.07, 6.45) is -0.688. The Morgan fingerprint density at radius 1 is 1.04 bits per heavy atom.